The SMILES string of the molecule is Cc1ccc(F)cc1CN1CC[C@@H](N2CCN(C)CC2)[C@H](C)C1. The number of benzene rings is 1. The number of hydrogen-bond donors (Lipinski definition) is 0. The van der Waals surface area contributed by atoms with Gasteiger partial charge >= 0.3 is 0 Å². The van der Waals surface area contributed by atoms with Crippen LogP contribution in [0.3, 0.4) is 0 Å². The third kappa shape index (κ3) is 4.11. The highest BCUT2D eigenvalue weighted by Gasteiger charge is 2.31. The smallest absolute Gasteiger partial charge is 0.123 e. The molecule has 1 aromatic rings. The fourth-order valence-corrected chi connectivity index (χ4v) is 4.11. The molecule has 2 atom stereocenters. The first kappa shape index (κ1) is 16.9. The van der Waals surface area contributed by atoms with Crippen molar-refractivity contribution in [3.05, 3.63) is 35.1 Å². The van der Waals surface area contributed by atoms with Crippen molar-refractivity contribution in [1.82, 2.24) is 14.7 Å². The lowest BCUT2D eigenvalue weighted by Gasteiger charge is -2.45. The second-order valence-electron chi connectivity index (χ2n) is 7.48. The third-order valence-corrected chi connectivity index (χ3v) is 5.66. The van der Waals surface area contributed by atoms with Crippen LogP contribution in [-0.2, 0) is 6.54 Å². The summed E-state index contributed by atoms with van der Waals surface area (Å²) in [5.41, 5.74) is 2.33. The number of halogens is 1. The Morgan fingerprint density at radius 2 is 1.87 bits per heavy atom. The number of hydrogen-bond acceptors (Lipinski definition) is 3. The quantitative estimate of drug-likeness (QED) is 0.848. The van der Waals surface area contributed by atoms with Gasteiger partial charge in [0, 0.05) is 45.3 Å². The number of nitrogens with zero attached hydrogens (tertiary/aromatic N) is 3. The molecule has 3 nitrogen and oxygen atoms in total. The molecule has 0 N–H and O–H groups in total. The van der Waals surface area contributed by atoms with E-state index in [0.29, 0.717) is 12.0 Å². The molecule has 0 spiro atoms. The first-order chi connectivity index (χ1) is 11.0. The van der Waals surface area contributed by atoms with Gasteiger partial charge in [-0.3, -0.25) is 9.80 Å². The lowest BCUT2D eigenvalue weighted by Crippen LogP contribution is -2.55. The summed E-state index contributed by atoms with van der Waals surface area (Å²) in [6, 6.07) is 5.87. The van der Waals surface area contributed by atoms with Gasteiger partial charge in [0.25, 0.3) is 0 Å². The maximum absolute atomic E-state index is 13.5. The van der Waals surface area contributed by atoms with Crippen molar-refractivity contribution in [1.29, 1.82) is 0 Å². The van der Waals surface area contributed by atoms with Crippen LogP contribution in [0.1, 0.15) is 24.5 Å². The van der Waals surface area contributed by atoms with E-state index in [1.54, 1.807) is 12.1 Å². The normalized spacial score (nSPS) is 28.2. The van der Waals surface area contributed by atoms with Crippen LogP contribution in [0.5, 0.6) is 0 Å². The second kappa shape index (κ2) is 7.29. The molecule has 0 bridgehead atoms. The molecule has 0 aliphatic carbocycles. The van der Waals surface area contributed by atoms with Gasteiger partial charge in [-0.25, -0.2) is 4.39 Å². The van der Waals surface area contributed by atoms with E-state index in [1.165, 1.54) is 38.2 Å². The van der Waals surface area contributed by atoms with Crippen LogP contribution in [0.15, 0.2) is 18.2 Å². The van der Waals surface area contributed by atoms with E-state index in [0.717, 1.165) is 25.2 Å². The molecule has 0 unspecified atom stereocenters. The van der Waals surface area contributed by atoms with E-state index < -0.39 is 0 Å². The van der Waals surface area contributed by atoms with Crippen molar-refractivity contribution >= 4 is 0 Å². The van der Waals surface area contributed by atoms with E-state index in [1.807, 2.05) is 6.07 Å². The highest BCUT2D eigenvalue weighted by molar-refractivity contribution is 5.26. The molecule has 0 amide bonds. The Kier molecular flexibility index (Phi) is 5.34. The number of piperazine rings is 1. The summed E-state index contributed by atoms with van der Waals surface area (Å²) in [6.45, 7) is 12.4. The average Bonchev–Trinajstić information content (AvgIpc) is 2.52. The first-order valence-corrected chi connectivity index (χ1v) is 8.93. The van der Waals surface area contributed by atoms with Crippen molar-refractivity contribution in [3.8, 4) is 0 Å². The number of likely N-dealkylation sites (tertiary alicyclic amines) is 1. The topological polar surface area (TPSA) is 9.72 Å². The summed E-state index contributed by atoms with van der Waals surface area (Å²) in [6.07, 6.45) is 1.24. The molecule has 2 saturated heterocycles. The summed E-state index contributed by atoms with van der Waals surface area (Å²) >= 11 is 0. The van der Waals surface area contributed by atoms with Crippen molar-refractivity contribution < 1.29 is 4.39 Å². The maximum Gasteiger partial charge on any atom is 0.123 e. The predicted molar refractivity (Wildman–Crippen MR) is 93.1 cm³/mol. The minimum atomic E-state index is -0.119. The summed E-state index contributed by atoms with van der Waals surface area (Å²) in [5, 5.41) is 0. The zero-order valence-electron chi connectivity index (χ0n) is 14.8. The Hall–Kier alpha value is -0.970. The summed E-state index contributed by atoms with van der Waals surface area (Å²) in [5.74, 6) is 0.562. The highest BCUT2D eigenvalue weighted by Crippen LogP contribution is 2.25. The van der Waals surface area contributed by atoms with E-state index >= 15 is 0 Å². The van der Waals surface area contributed by atoms with Gasteiger partial charge < -0.3 is 4.90 Å². The molecule has 0 radical (unpaired) electrons. The lowest BCUT2D eigenvalue weighted by atomic mass is 9.91. The number of aryl methyl sites for hydroxylation is 1. The van der Waals surface area contributed by atoms with Crippen molar-refractivity contribution in [2.24, 2.45) is 5.92 Å². The average molecular weight is 319 g/mol. The molecule has 2 aliphatic rings. The van der Waals surface area contributed by atoms with Crippen LogP contribution in [0.4, 0.5) is 4.39 Å². The molecule has 128 valence electrons. The monoisotopic (exact) mass is 319 g/mol. The van der Waals surface area contributed by atoms with E-state index in [4.69, 9.17) is 0 Å². The van der Waals surface area contributed by atoms with Gasteiger partial charge in [-0.2, -0.15) is 0 Å². The maximum atomic E-state index is 13.5. The Morgan fingerprint density at radius 3 is 2.57 bits per heavy atom. The van der Waals surface area contributed by atoms with Gasteiger partial charge in [-0.15, -0.1) is 0 Å². The molecule has 2 heterocycles. The highest BCUT2D eigenvalue weighted by atomic mass is 19.1. The third-order valence-electron chi connectivity index (χ3n) is 5.66. The molecule has 2 aliphatic heterocycles. The molecule has 2 fully saturated rings. The number of likely N-dealkylation sites (N-methyl/N-ethyl adjacent to an activating group) is 1. The molecular formula is C19H30FN3. The van der Waals surface area contributed by atoms with Crippen molar-refractivity contribution in [2.45, 2.75) is 32.9 Å². The van der Waals surface area contributed by atoms with Crippen LogP contribution in [-0.4, -0.2) is 67.1 Å². The predicted octanol–water partition coefficient (Wildman–Crippen LogP) is 2.59. The largest absolute Gasteiger partial charge is 0.304 e. The summed E-state index contributed by atoms with van der Waals surface area (Å²) < 4.78 is 13.5. The Morgan fingerprint density at radius 1 is 1.13 bits per heavy atom. The minimum absolute atomic E-state index is 0.119. The van der Waals surface area contributed by atoms with Gasteiger partial charge in [0.15, 0.2) is 0 Å². The van der Waals surface area contributed by atoms with Crippen LogP contribution in [0, 0.1) is 18.7 Å². The summed E-state index contributed by atoms with van der Waals surface area (Å²) in [4.78, 5) is 7.61. The van der Waals surface area contributed by atoms with E-state index in [-0.39, 0.29) is 5.82 Å². The second-order valence-corrected chi connectivity index (χ2v) is 7.48. The molecule has 3 rings (SSSR count). The van der Waals surface area contributed by atoms with E-state index in [9.17, 15) is 4.39 Å². The van der Waals surface area contributed by atoms with Crippen LogP contribution < -0.4 is 0 Å². The fraction of sp³-hybridized carbons (Fsp3) is 0.684. The van der Waals surface area contributed by atoms with Gasteiger partial charge in [0.1, 0.15) is 5.82 Å². The molecule has 4 heteroatoms. The molecule has 0 saturated carbocycles. The Balaban J connectivity index is 1.57. The lowest BCUT2D eigenvalue weighted by molar-refractivity contribution is 0.0324. The molecule has 1 aromatic carbocycles. The minimum Gasteiger partial charge on any atom is -0.304 e. The van der Waals surface area contributed by atoms with Gasteiger partial charge in [-0.05, 0) is 56.1 Å². The van der Waals surface area contributed by atoms with Crippen LogP contribution in [0.2, 0.25) is 0 Å². The number of rotatable bonds is 3. The molecule has 23 heavy (non-hydrogen) atoms. The molecular weight excluding hydrogens is 289 g/mol. The van der Waals surface area contributed by atoms with Crippen molar-refractivity contribution in [3.63, 3.8) is 0 Å². The van der Waals surface area contributed by atoms with Crippen LogP contribution in [0.25, 0.3) is 0 Å². The fourth-order valence-electron chi connectivity index (χ4n) is 4.11. The van der Waals surface area contributed by atoms with Gasteiger partial charge in [0.05, 0.1) is 0 Å². The van der Waals surface area contributed by atoms with Gasteiger partial charge in [0.2, 0.25) is 0 Å². The molecule has 0 aromatic heterocycles. The summed E-state index contributed by atoms with van der Waals surface area (Å²) in [7, 11) is 2.21. The number of piperidine rings is 1. The van der Waals surface area contributed by atoms with Crippen molar-refractivity contribution in [2.75, 3.05) is 46.3 Å². The van der Waals surface area contributed by atoms with E-state index in [2.05, 4.69) is 35.6 Å². The Labute approximate surface area is 140 Å². The zero-order chi connectivity index (χ0) is 16.4. The first-order valence-electron chi connectivity index (χ1n) is 8.93. The zero-order valence-corrected chi connectivity index (χ0v) is 14.8. The van der Waals surface area contributed by atoms with Crippen LogP contribution >= 0.6 is 0 Å². The van der Waals surface area contributed by atoms with Gasteiger partial charge in [-0.1, -0.05) is 13.0 Å². The Bertz CT molecular complexity index is 525. The standard InChI is InChI=1S/C19H30FN3/c1-15-4-5-18(20)12-17(15)14-22-7-6-19(16(2)13-22)23-10-8-21(3)9-11-23/h4-5,12,16,19H,6-11,13-14H2,1-3H3/t16-,19-/m1/s1.